The Hall–Kier alpha value is -1.11. The van der Waals surface area contributed by atoms with Gasteiger partial charge in [-0.1, -0.05) is 19.4 Å². The van der Waals surface area contributed by atoms with Crippen molar-refractivity contribution in [2.45, 2.75) is 26.7 Å². The molecule has 1 aromatic carbocycles. The van der Waals surface area contributed by atoms with E-state index in [0.29, 0.717) is 10.2 Å². The second kappa shape index (κ2) is 8.14. The number of esters is 2. The van der Waals surface area contributed by atoms with Gasteiger partial charge >= 0.3 is 11.9 Å². The molecule has 19 heavy (non-hydrogen) atoms. The zero-order chi connectivity index (χ0) is 14.3. The van der Waals surface area contributed by atoms with Crippen molar-refractivity contribution < 1.29 is 19.1 Å². The Morgan fingerprint density at radius 2 is 1.89 bits per heavy atom. The Morgan fingerprint density at radius 3 is 2.53 bits per heavy atom. The number of benzene rings is 1. The van der Waals surface area contributed by atoms with Crippen molar-refractivity contribution in [2.75, 3.05) is 13.2 Å². The fourth-order valence-electron chi connectivity index (χ4n) is 1.49. The van der Waals surface area contributed by atoms with E-state index < -0.39 is 11.9 Å². The number of hydrogen-bond acceptors (Lipinski definition) is 4. The average molecular weight is 376 g/mol. The van der Waals surface area contributed by atoms with Crippen molar-refractivity contribution in [3.05, 3.63) is 32.9 Å². The molecule has 0 aliphatic rings. The van der Waals surface area contributed by atoms with Crippen LogP contribution in [0.4, 0.5) is 0 Å². The maximum Gasteiger partial charge on any atom is 0.340 e. The van der Waals surface area contributed by atoms with E-state index in [2.05, 4.69) is 0 Å². The highest BCUT2D eigenvalue weighted by Gasteiger charge is 2.21. The van der Waals surface area contributed by atoms with Gasteiger partial charge in [0.05, 0.1) is 24.3 Å². The highest BCUT2D eigenvalue weighted by atomic mass is 127. The summed E-state index contributed by atoms with van der Waals surface area (Å²) in [6.07, 6.45) is 1.76. The van der Waals surface area contributed by atoms with Gasteiger partial charge in [0.2, 0.25) is 0 Å². The van der Waals surface area contributed by atoms with Crippen molar-refractivity contribution in [1.82, 2.24) is 0 Å². The number of hydrogen-bond donors (Lipinski definition) is 0. The molecule has 0 atom stereocenters. The predicted molar refractivity (Wildman–Crippen MR) is 80.3 cm³/mol. The van der Waals surface area contributed by atoms with Crippen LogP contribution in [0.2, 0.25) is 0 Å². The molecule has 1 aromatic rings. The molecule has 0 amide bonds. The van der Waals surface area contributed by atoms with Crippen LogP contribution in [-0.4, -0.2) is 25.2 Å². The van der Waals surface area contributed by atoms with Gasteiger partial charge in [-0.3, -0.25) is 0 Å². The molecular formula is C14H17IO4. The maximum atomic E-state index is 12.0. The van der Waals surface area contributed by atoms with Crippen LogP contribution in [0.15, 0.2) is 18.2 Å². The van der Waals surface area contributed by atoms with Gasteiger partial charge in [0.15, 0.2) is 0 Å². The lowest BCUT2D eigenvalue weighted by atomic mass is 10.1. The van der Waals surface area contributed by atoms with Crippen LogP contribution in [0, 0.1) is 3.57 Å². The summed E-state index contributed by atoms with van der Waals surface area (Å²) in [4.78, 5) is 23.9. The van der Waals surface area contributed by atoms with Crippen molar-refractivity contribution in [3.63, 3.8) is 0 Å². The lowest BCUT2D eigenvalue weighted by Crippen LogP contribution is -2.16. The Morgan fingerprint density at radius 1 is 1.16 bits per heavy atom. The van der Waals surface area contributed by atoms with E-state index in [1.165, 1.54) is 0 Å². The lowest BCUT2D eigenvalue weighted by Gasteiger charge is -2.10. The molecular weight excluding hydrogens is 359 g/mol. The summed E-state index contributed by atoms with van der Waals surface area (Å²) in [6.45, 7) is 4.38. The number of rotatable bonds is 6. The summed E-state index contributed by atoms with van der Waals surface area (Å²) in [5.41, 5.74) is 0.549. The number of carbonyl (C=O) groups is 2. The molecule has 5 heteroatoms. The van der Waals surface area contributed by atoms with Crippen LogP contribution in [-0.2, 0) is 9.47 Å². The van der Waals surface area contributed by atoms with Crippen LogP contribution < -0.4 is 0 Å². The van der Waals surface area contributed by atoms with Crippen molar-refractivity contribution in [1.29, 1.82) is 0 Å². The molecule has 0 unspecified atom stereocenters. The number of carbonyl (C=O) groups excluding carboxylic acids is 2. The predicted octanol–water partition coefficient (Wildman–Crippen LogP) is 3.42. The molecule has 0 fully saturated rings. The quantitative estimate of drug-likeness (QED) is 0.434. The first-order valence-electron chi connectivity index (χ1n) is 6.24. The van der Waals surface area contributed by atoms with E-state index in [9.17, 15) is 9.59 Å². The summed E-state index contributed by atoms with van der Waals surface area (Å²) in [5, 5.41) is 0. The van der Waals surface area contributed by atoms with E-state index >= 15 is 0 Å². The first-order valence-corrected chi connectivity index (χ1v) is 7.32. The Kier molecular flexibility index (Phi) is 6.83. The molecule has 0 N–H and O–H groups in total. The van der Waals surface area contributed by atoms with Crippen LogP contribution >= 0.6 is 22.6 Å². The van der Waals surface area contributed by atoms with Gasteiger partial charge in [0.1, 0.15) is 0 Å². The third-order valence-electron chi connectivity index (χ3n) is 2.44. The average Bonchev–Trinajstić information content (AvgIpc) is 2.38. The smallest absolute Gasteiger partial charge is 0.340 e. The largest absolute Gasteiger partial charge is 0.462 e. The summed E-state index contributed by atoms with van der Waals surface area (Å²) in [5.74, 6) is -0.968. The van der Waals surface area contributed by atoms with E-state index in [-0.39, 0.29) is 17.7 Å². The van der Waals surface area contributed by atoms with E-state index in [4.69, 9.17) is 9.47 Å². The molecule has 0 radical (unpaired) electrons. The third-order valence-corrected chi connectivity index (χ3v) is 3.34. The van der Waals surface area contributed by atoms with Gasteiger partial charge in [-0.2, -0.15) is 0 Å². The zero-order valence-electron chi connectivity index (χ0n) is 11.1. The molecule has 4 nitrogen and oxygen atoms in total. The highest BCUT2D eigenvalue weighted by Crippen LogP contribution is 2.19. The summed E-state index contributed by atoms with van der Waals surface area (Å²) < 4.78 is 10.8. The van der Waals surface area contributed by atoms with Gasteiger partial charge in [0, 0.05) is 3.57 Å². The second-order valence-electron chi connectivity index (χ2n) is 3.87. The van der Waals surface area contributed by atoms with E-state index in [0.717, 1.165) is 12.8 Å². The lowest BCUT2D eigenvalue weighted by molar-refractivity contribution is 0.0463. The minimum absolute atomic E-state index is 0.265. The number of ether oxygens (including phenoxy) is 2. The molecule has 0 spiro atoms. The Balaban J connectivity index is 2.96. The van der Waals surface area contributed by atoms with Crippen molar-refractivity contribution in [2.24, 2.45) is 0 Å². The number of halogens is 1. The third kappa shape index (κ3) is 4.49. The monoisotopic (exact) mass is 376 g/mol. The molecule has 0 saturated carbocycles. The standard InChI is InChI=1S/C14H17IO4/c1-3-5-9-19-13(16)10-7-6-8-11(15)12(10)14(17)18-4-2/h6-8H,3-5,9H2,1-2H3. The minimum Gasteiger partial charge on any atom is -0.462 e. The Labute approximate surface area is 126 Å². The van der Waals surface area contributed by atoms with Crippen LogP contribution in [0.25, 0.3) is 0 Å². The van der Waals surface area contributed by atoms with Gasteiger partial charge in [-0.15, -0.1) is 0 Å². The van der Waals surface area contributed by atoms with Crippen LogP contribution in [0.5, 0.6) is 0 Å². The second-order valence-corrected chi connectivity index (χ2v) is 5.03. The summed E-state index contributed by atoms with van der Waals surface area (Å²) >= 11 is 2.01. The fourth-order valence-corrected chi connectivity index (χ4v) is 2.21. The zero-order valence-corrected chi connectivity index (χ0v) is 13.2. The maximum absolute atomic E-state index is 12.0. The summed E-state index contributed by atoms with van der Waals surface area (Å²) in [6, 6.07) is 5.07. The van der Waals surface area contributed by atoms with Crippen LogP contribution in [0.1, 0.15) is 47.4 Å². The molecule has 0 aliphatic heterocycles. The highest BCUT2D eigenvalue weighted by molar-refractivity contribution is 14.1. The topological polar surface area (TPSA) is 52.6 Å². The van der Waals surface area contributed by atoms with Crippen LogP contribution in [0.3, 0.4) is 0 Å². The SMILES string of the molecule is CCCCOC(=O)c1cccc(I)c1C(=O)OCC. The van der Waals surface area contributed by atoms with Crippen molar-refractivity contribution in [3.8, 4) is 0 Å². The van der Waals surface area contributed by atoms with E-state index in [1.54, 1.807) is 25.1 Å². The van der Waals surface area contributed by atoms with Gasteiger partial charge in [0.25, 0.3) is 0 Å². The number of unbranched alkanes of at least 4 members (excludes halogenated alkanes) is 1. The molecule has 0 bridgehead atoms. The van der Waals surface area contributed by atoms with Gasteiger partial charge in [-0.25, -0.2) is 9.59 Å². The first kappa shape index (κ1) is 15.9. The summed E-state index contributed by atoms with van der Waals surface area (Å²) in [7, 11) is 0. The molecule has 0 aromatic heterocycles. The molecule has 104 valence electrons. The first-order chi connectivity index (χ1) is 9.11. The minimum atomic E-state index is -0.491. The molecule has 0 aliphatic carbocycles. The van der Waals surface area contributed by atoms with Gasteiger partial charge in [-0.05, 0) is 48.1 Å². The molecule has 0 saturated heterocycles. The van der Waals surface area contributed by atoms with Gasteiger partial charge < -0.3 is 9.47 Å². The fraction of sp³-hybridized carbons (Fsp3) is 0.429. The molecule has 0 heterocycles. The van der Waals surface area contributed by atoms with E-state index in [1.807, 2.05) is 29.5 Å². The normalized spacial score (nSPS) is 10.1. The van der Waals surface area contributed by atoms with Crippen molar-refractivity contribution >= 4 is 34.5 Å². The Bertz CT molecular complexity index is 457. The molecule has 1 rings (SSSR count).